The summed E-state index contributed by atoms with van der Waals surface area (Å²) < 4.78 is 12.5. The number of ether oxygens (including phenoxy) is 2. The molecule has 1 aliphatic rings. The first-order valence-corrected chi connectivity index (χ1v) is 8.32. The molecule has 0 spiro atoms. The first kappa shape index (κ1) is 16.4. The van der Waals surface area contributed by atoms with Crippen molar-refractivity contribution in [1.29, 1.82) is 0 Å². The maximum Gasteiger partial charge on any atom is 0.248 e. The summed E-state index contributed by atoms with van der Waals surface area (Å²) in [4.78, 5) is 0. The molecule has 0 fully saturated rings. The zero-order valence-corrected chi connectivity index (χ0v) is 14.9. The van der Waals surface area contributed by atoms with E-state index in [1.807, 2.05) is 48.5 Å². The third-order valence-electron chi connectivity index (χ3n) is 4.24. The van der Waals surface area contributed by atoms with Gasteiger partial charge in [-0.1, -0.05) is 41.0 Å². The minimum absolute atomic E-state index is 0.215. The number of allylic oxidation sites excluding steroid dienone is 1. The normalized spacial score (nSPS) is 15.7. The van der Waals surface area contributed by atoms with Crippen LogP contribution in [0, 0.1) is 0 Å². The lowest BCUT2D eigenvalue weighted by molar-refractivity contribution is 0.354. The second kappa shape index (κ2) is 6.68. The predicted molar refractivity (Wildman–Crippen MR) is 98.6 cm³/mol. The van der Waals surface area contributed by atoms with Crippen molar-refractivity contribution >= 4 is 23.2 Å². The van der Waals surface area contributed by atoms with E-state index in [1.54, 1.807) is 18.9 Å². The molecule has 132 valence electrons. The van der Waals surface area contributed by atoms with Gasteiger partial charge in [-0.3, -0.25) is 0 Å². The van der Waals surface area contributed by atoms with E-state index in [0.29, 0.717) is 22.5 Å². The van der Waals surface area contributed by atoms with Gasteiger partial charge in [0.1, 0.15) is 6.04 Å². The van der Waals surface area contributed by atoms with Crippen molar-refractivity contribution in [3.05, 3.63) is 64.7 Å². The van der Waals surface area contributed by atoms with Crippen molar-refractivity contribution in [3.63, 3.8) is 0 Å². The molecule has 1 unspecified atom stereocenters. The molecular weight excluding hydrogens is 354 g/mol. The van der Waals surface area contributed by atoms with Crippen LogP contribution < -0.4 is 14.8 Å². The monoisotopic (exact) mass is 369 g/mol. The largest absolute Gasteiger partial charge is 0.493 e. The molecule has 1 aliphatic heterocycles. The molecule has 8 heteroatoms. The summed E-state index contributed by atoms with van der Waals surface area (Å²) in [5.74, 6) is 1.85. The van der Waals surface area contributed by atoms with Crippen LogP contribution >= 0.6 is 11.6 Å². The van der Waals surface area contributed by atoms with Crippen molar-refractivity contribution in [2.45, 2.75) is 6.04 Å². The van der Waals surface area contributed by atoms with E-state index >= 15 is 0 Å². The smallest absolute Gasteiger partial charge is 0.248 e. The van der Waals surface area contributed by atoms with Gasteiger partial charge >= 0.3 is 0 Å². The Bertz CT molecular complexity index is 985. The van der Waals surface area contributed by atoms with Gasteiger partial charge in [-0.15, -0.1) is 0 Å². The number of benzene rings is 2. The molecule has 0 bridgehead atoms. The zero-order valence-electron chi connectivity index (χ0n) is 14.2. The molecule has 26 heavy (non-hydrogen) atoms. The highest BCUT2D eigenvalue weighted by Crippen LogP contribution is 2.37. The van der Waals surface area contributed by atoms with Crippen LogP contribution in [0.5, 0.6) is 11.5 Å². The summed E-state index contributed by atoms with van der Waals surface area (Å²) in [6.07, 6.45) is 2.03. The average molecular weight is 370 g/mol. The van der Waals surface area contributed by atoms with Crippen molar-refractivity contribution < 1.29 is 9.47 Å². The third-order valence-corrected chi connectivity index (χ3v) is 4.57. The minimum Gasteiger partial charge on any atom is -0.493 e. The minimum atomic E-state index is -0.215. The second-order valence-corrected chi connectivity index (χ2v) is 6.10. The number of nitrogens with one attached hydrogen (secondary N) is 1. The van der Waals surface area contributed by atoms with Crippen molar-refractivity contribution in [2.24, 2.45) is 0 Å². The number of methoxy groups -OCH3 is 2. The Hall–Kier alpha value is -3.06. The summed E-state index contributed by atoms with van der Waals surface area (Å²) in [6.45, 7) is 0. The van der Waals surface area contributed by atoms with Crippen molar-refractivity contribution in [2.75, 3.05) is 19.5 Å². The Morgan fingerprint density at radius 2 is 1.88 bits per heavy atom. The van der Waals surface area contributed by atoms with Crippen LogP contribution in [0.15, 0.2) is 48.5 Å². The molecule has 4 rings (SSSR count). The van der Waals surface area contributed by atoms with Crippen molar-refractivity contribution in [3.8, 4) is 11.5 Å². The Morgan fingerprint density at radius 3 is 2.65 bits per heavy atom. The van der Waals surface area contributed by atoms with E-state index in [1.165, 1.54) is 0 Å². The fraction of sp³-hybridized carbons (Fsp3) is 0.167. The maximum absolute atomic E-state index is 6.36. The molecule has 0 aliphatic carbocycles. The van der Waals surface area contributed by atoms with Crippen LogP contribution in [0.1, 0.15) is 17.2 Å². The summed E-state index contributed by atoms with van der Waals surface area (Å²) in [6, 6.07) is 13.2. The number of nitrogens with zero attached hydrogens (tertiary/aromatic N) is 4. The number of fused-ring (bicyclic) bond motifs is 1. The molecule has 0 amide bonds. The molecule has 7 nitrogen and oxygen atoms in total. The number of rotatable bonds is 4. The van der Waals surface area contributed by atoms with Crippen molar-refractivity contribution in [1.82, 2.24) is 20.2 Å². The molecule has 2 heterocycles. The lowest BCUT2D eigenvalue weighted by Gasteiger charge is -2.24. The van der Waals surface area contributed by atoms with Gasteiger partial charge in [-0.25, -0.2) is 0 Å². The average Bonchev–Trinajstić information content (AvgIpc) is 3.15. The number of aromatic nitrogens is 4. The van der Waals surface area contributed by atoms with Gasteiger partial charge in [0, 0.05) is 16.3 Å². The number of tetrazole rings is 1. The summed E-state index contributed by atoms with van der Waals surface area (Å²) in [7, 11) is 3.22. The molecule has 0 radical (unpaired) electrons. The standard InChI is InChI=1S/C18H16ClN5O2/c1-25-16-8-7-11(9-17(16)26-2)15-10-14(12-5-3-4-6-13(12)19)20-18-21-22-23-24(15)18/h3-10,15H,1-2H3,(H,20,21,23). The number of hydrogen-bond acceptors (Lipinski definition) is 6. The molecule has 0 saturated heterocycles. The maximum atomic E-state index is 6.36. The molecule has 3 aromatic rings. The first-order chi connectivity index (χ1) is 12.7. The molecule has 1 N–H and O–H groups in total. The highest BCUT2D eigenvalue weighted by atomic mass is 35.5. The molecule has 1 aromatic heterocycles. The third kappa shape index (κ3) is 2.76. The van der Waals surface area contributed by atoms with Crippen LogP contribution in [0.4, 0.5) is 5.95 Å². The van der Waals surface area contributed by atoms with Gasteiger partial charge in [-0.05, 0) is 40.3 Å². The van der Waals surface area contributed by atoms with Gasteiger partial charge < -0.3 is 14.8 Å². The van der Waals surface area contributed by atoms with E-state index in [-0.39, 0.29) is 6.04 Å². The lowest BCUT2D eigenvalue weighted by atomic mass is 10.0. The Balaban J connectivity index is 1.83. The Kier molecular flexibility index (Phi) is 4.22. The predicted octanol–water partition coefficient (Wildman–Crippen LogP) is 3.40. The number of halogens is 1. The van der Waals surface area contributed by atoms with Crippen LogP contribution in [-0.4, -0.2) is 34.4 Å². The van der Waals surface area contributed by atoms with E-state index in [9.17, 15) is 0 Å². The first-order valence-electron chi connectivity index (χ1n) is 7.95. The topological polar surface area (TPSA) is 74.1 Å². The molecular formula is C18H16ClN5O2. The van der Waals surface area contributed by atoms with Crippen LogP contribution in [0.2, 0.25) is 5.02 Å². The summed E-state index contributed by atoms with van der Waals surface area (Å²) >= 11 is 6.36. The fourth-order valence-electron chi connectivity index (χ4n) is 2.96. The van der Waals surface area contributed by atoms with Gasteiger partial charge in [0.2, 0.25) is 5.95 Å². The van der Waals surface area contributed by atoms with E-state index in [0.717, 1.165) is 16.8 Å². The van der Waals surface area contributed by atoms with Crippen LogP contribution in [-0.2, 0) is 0 Å². The molecule has 2 aromatic carbocycles. The van der Waals surface area contributed by atoms with Gasteiger partial charge in [0.15, 0.2) is 11.5 Å². The van der Waals surface area contributed by atoms with Gasteiger partial charge in [0.25, 0.3) is 0 Å². The van der Waals surface area contributed by atoms with E-state index in [2.05, 4.69) is 20.8 Å². The number of anilines is 1. The SMILES string of the molecule is COc1ccc(C2C=C(c3ccccc3Cl)Nc3nnnn32)cc1OC. The van der Waals surface area contributed by atoms with Gasteiger partial charge in [-0.2, -0.15) is 4.68 Å². The van der Waals surface area contributed by atoms with E-state index < -0.39 is 0 Å². The summed E-state index contributed by atoms with van der Waals surface area (Å²) in [5, 5.41) is 15.8. The summed E-state index contributed by atoms with van der Waals surface area (Å²) in [5.41, 5.74) is 2.69. The van der Waals surface area contributed by atoms with E-state index in [4.69, 9.17) is 21.1 Å². The second-order valence-electron chi connectivity index (χ2n) is 5.69. The fourth-order valence-corrected chi connectivity index (χ4v) is 3.20. The molecule has 0 saturated carbocycles. The van der Waals surface area contributed by atoms with Crippen LogP contribution in [0.25, 0.3) is 5.70 Å². The zero-order chi connectivity index (χ0) is 18.1. The number of hydrogen-bond donors (Lipinski definition) is 1. The Morgan fingerprint density at radius 1 is 1.08 bits per heavy atom. The lowest BCUT2D eigenvalue weighted by Crippen LogP contribution is -2.20. The Labute approximate surface area is 155 Å². The van der Waals surface area contributed by atoms with Crippen LogP contribution in [0.3, 0.4) is 0 Å². The highest BCUT2D eigenvalue weighted by molar-refractivity contribution is 6.32. The molecule has 1 atom stereocenters. The quantitative estimate of drug-likeness (QED) is 0.759. The van der Waals surface area contributed by atoms with Gasteiger partial charge in [0.05, 0.1) is 14.2 Å². The highest BCUT2D eigenvalue weighted by Gasteiger charge is 2.25.